The molecule has 0 aromatic carbocycles. The Labute approximate surface area is 182 Å². The molecule has 0 radical (unpaired) electrons. The van der Waals surface area contributed by atoms with E-state index in [0.717, 1.165) is 81.9 Å². The van der Waals surface area contributed by atoms with Crippen LogP contribution in [0.4, 0.5) is 5.82 Å². The molecule has 0 unspecified atom stereocenters. The SMILES string of the molecule is CCC(=O)N1CCN(c2nc(CN3CCOCC3)nc3sc4c(c23)CCCC4)CC1. The summed E-state index contributed by atoms with van der Waals surface area (Å²) < 4.78 is 5.50. The summed E-state index contributed by atoms with van der Waals surface area (Å²) in [5.74, 6) is 2.28. The number of hydrogen-bond donors (Lipinski definition) is 0. The number of nitrogens with zero attached hydrogens (tertiary/aromatic N) is 5. The van der Waals surface area contributed by atoms with Crippen LogP contribution in [0.15, 0.2) is 0 Å². The van der Waals surface area contributed by atoms with Gasteiger partial charge >= 0.3 is 0 Å². The molecule has 2 fully saturated rings. The van der Waals surface area contributed by atoms with Crippen molar-refractivity contribution in [3.63, 3.8) is 0 Å². The Kier molecular flexibility index (Phi) is 5.89. The molecule has 1 aliphatic carbocycles. The number of rotatable bonds is 4. The van der Waals surface area contributed by atoms with Gasteiger partial charge in [-0.3, -0.25) is 9.69 Å². The lowest BCUT2D eigenvalue weighted by Crippen LogP contribution is -2.49. The van der Waals surface area contributed by atoms with Crippen LogP contribution in [0.2, 0.25) is 0 Å². The molecule has 0 bridgehead atoms. The molecule has 2 aliphatic heterocycles. The first-order chi connectivity index (χ1) is 14.7. The Balaban J connectivity index is 1.48. The first-order valence-electron chi connectivity index (χ1n) is 11.4. The molecule has 4 heterocycles. The number of thiophene rings is 1. The van der Waals surface area contributed by atoms with Gasteiger partial charge in [0.05, 0.1) is 25.1 Å². The summed E-state index contributed by atoms with van der Waals surface area (Å²) in [6.07, 6.45) is 5.43. The normalized spacial score (nSPS) is 20.6. The van der Waals surface area contributed by atoms with Crippen LogP contribution in [0.1, 0.15) is 42.5 Å². The molecule has 2 saturated heterocycles. The molecule has 162 valence electrons. The third kappa shape index (κ3) is 3.92. The quantitative estimate of drug-likeness (QED) is 0.744. The number of amides is 1. The monoisotopic (exact) mass is 429 g/mol. The van der Waals surface area contributed by atoms with E-state index >= 15 is 0 Å². The fourth-order valence-corrected chi connectivity index (χ4v) is 6.11. The number of carbonyl (C=O) groups excluding carboxylic acids is 1. The van der Waals surface area contributed by atoms with Crippen molar-refractivity contribution in [2.24, 2.45) is 0 Å². The highest BCUT2D eigenvalue weighted by atomic mass is 32.1. The molecule has 0 saturated carbocycles. The Morgan fingerprint density at radius 3 is 2.57 bits per heavy atom. The highest BCUT2D eigenvalue weighted by Crippen LogP contribution is 2.40. The van der Waals surface area contributed by atoms with E-state index in [-0.39, 0.29) is 5.91 Å². The van der Waals surface area contributed by atoms with Crippen LogP contribution >= 0.6 is 11.3 Å². The lowest BCUT2D eigenvalue weighted by molar-refractivity contribution is -0.131. The molecule has 5 rings (SSSR count). The molecule has 7 nitrogen and oxygen atoms in total. The Bertz CT molecular complexity index is 916. The summed E-state index contributed by atoms with van der Waals surface area (Å²) in [5.41, 5.74) is 1.49. The van der Waals surface area contributed by atoms with Crippen molar-refractivity contribution in [1.82, 2.24) is 19.8 Å². The number of anilines is 1. The van der Waals surface area contributed by atoms with E-state index in [1.807, 2.05) is 23.2 Å². The molecule has 0 spiro atoms. The average Bonchev–Trinajstić information content (AvgIpc) is 3.17. The summed E-state index contributed by atoms with van der Waals surface area (Å²) in [5, 5.41) is 1.29. The van der Waals surface area contributed by atoms with Crippen molar-refractivity contribution in [1.29, 1.82) is 0 Å². The maximum atomic E-state index is 12.1. The largest absolute Gasteiger partial charge is 0.379 e. The van der Waals surface area contributed by atoms with E-state index in [1.54, 1.807) is 0 Å². The first-order valence-corrected chi connectivity index (χ1v) is 12.2. The van der Waals surface area contributed by atoms with Crippen LogP contribution in [-0.2, 0) is 28.9 Å². The predicted molar refractivity (Wildman–Crippen MR) is 119 cm³/mol. The smallest absolute Gasteiger partial charge is 0.222 e. The van der Waals surface area contributed by atoms with Crippen LogP contribution in [0.25, 0.3) is 10.2 Å². The van der Waals surface area contributed by atoms with Gasteiger partial charge in [-0.25, -0.2) is 9.97 Å². The van der Waals surface area contributed by atoms with Crippen molar-refractivity contribution >= 4 is 33.3 Å². The molecule has 0 N–H and O–H groups in total. The van der Waals surface area contributed by atoms with Crippen molar-refractivity contribution < 1.29 is 9.53 Å². The number of morpholine rings is 1. The van der Waals surface area contributed by atoms with Gasteiger partial charge in [0, 0.05) is 50.6 Å². The molecular weight excluding hydrogens is 398 g/mol. The number of aryl methyl sites for hydroxylation is 2. The molecule has 1 amide bonds. The first kappa shape index (κ1) is 20.2. The van der Waals surface area contributed by atoms with Crippen molar-refractivity contribution in [2.45, 2.75) is 45.6 Å². The lowest BCUT2D eigenvalue weighted by atomic mass is 9.97. The second-order valence-corrected chi connectivity index (χ2v) is 9.55. The molecular formula is C22H31N5O2S. The van der Waals surface area contributed by atoms with Gasteiger partial charge in [0.15, 0.2) is 0 Å². The van der Waals surface area contributed by atoms with Crippen LogP contribution in [-0.4, -0.2) is 78.2 Å². The summed E-state index contributed by atoms with van der Waals surface area (Å²) in [6.45, 7) is 9.43. The van der Waals surface area contributed by atoms with Crippen LogP contribution in [0.5, 0.6) is 0 Å². The van der Waals surface area contributed by atoms with Gasteiger partial charge in [-0.2, -0.15) is 0 Å². The van der Waals surface area contributed by atoms with Gasteiger partial charge in [0.1, 0.15) is 16.5 Å². The zero-order chi connectivity index (χ0) is 20.5. The number of fused-ring (bicyclic) bond motifs is 3. The zero-order valence-electron chi connectivity index (χ0n) is 17.9. The Hall–Kier alpha value is -1.77. The van der Waals surface area contributed by atoms with Gasteiger partial charge in [-0.05, 0) is 31.2 Å². The molecule has 8 heteroatoms. The molecule has 3 aliphatic rings. The van der Waals surface area contributed by atoms with E-state index in [4.69, 9.17) is 14.7 Å². The number of hydrogen-bond acceptors (Lipinski definition) is 7. The van der Waals surface area contributed by atoms with E-state index < -0.39 is 0 Å². The average molecular weight is 430 g/mol. The van der Waals surface area contributed by atoms with Crippen molar-refractivity contribution in [2.75, 3.05) is 57.4 Å². The molecule has 2 aromatic heterocycles. The lowest BCUT2D eigenvalue weighted by Gasteiger charge is -2.36. The fourth-order valence-electron chi connectivity index (χ4n) is 4.83. The Morgan fingerprint density at radius 2 is 1.80 bits per heavy atom. The Morgan fingerprint density at radius 1 is 1.03 bits per heavy atom. The van der Waals surface area contributed by atoms with Gasteiger partial charge in [0.2, 0.25) is 5.91 Å². The van der Waals surface area contributed by atoms with Gasteiger partial charge in [0.25, 0.3) is 0 Å². The van der Waals surface area contributed by atoms with Crippen molar-refractivity contribution in [3.05, 3.63) is 16.3 Å². The number of piperazine rings is 1. The molecule has 30 heavy (non-hydrogen) atoms. The van der Waals surface area contributed by atoms with E-state index in [2.05, 4.69) is 9.80 Å². The minimum Gasteiger partial charge on any atom is -0.379 e. The van der Waals surface area contributed by atoms with Crippen LogP contribution in [0.3, 0.4) is 0 Å². The highest BCUT2D eigenvalue weighted by Gasteiger charge is 2.27. The summed E-state index contributed by atoms with van der Waals surface area (Å²) >= 11 is 1.88. The third-order valence-corrected chi connectivity index (χ3v) is 7.73. The fraction of sp³-hybridized carbons (Fsp3) is 0.682. The summed E-state index contributed by atoms with van der Waals surface area (Å²) in [6, 6.07) is 0. The third-order valence-electron chi connectivity index (χ3n) is 6.54. The minimum atomic E-state index is 0.253. The predicted octanol–water partition coefficient (Wildman–Crippen LogP) is 2.46. The number of ether oxygens (including phenoxy) is 1. The van der Waals surface area contributed by atoms with E-state index in [9.17, 15) is 4.79 Å². The van der Waals surface area contributed by atoms with Crippen molar-refractivity contribution in [3.8, 4) is 0 Å². The molecule has 2 aromatic rings. The number of aromatic nitrogens is 2. The second-order valence-electron chi connectivity index (χ2n) is 8.46. The topological polar surface area (TPSA) is 61.8 Å². The van der Waals surface area contributed by atoms with Gasteiger partial charge in [-0.1, -0.05) is 6.92 Å². The highest BCUT2D eigenvalue weighted by molar-refractivity contribution is 7.19. The maximum Gasteiger partial charge on any atom is 0.222 e. The second kappa shape index (κ2) is 8.77. The van der Waals surface area contributed by atoms with E-state index in [1.165, 1.54) is 35.1 Å². The van der Waals surface area contributed by atoms with Crippen LogP contribution < -0.4 is 4.90 Å². The minimum absolute atomic E-state index is 0.253. The number of carbonyl (C=O) groups is 1. The van der Waals surface area contributed by atoms with Gasteiger partial charge < -0.3 is 14.5 Å². The van der Waals surface area contributed by atoms with Gasteiger partial charge in [-0.15, -0.1) is 11.3 Å². The maximum absolute atomic E-state index is 12.1. The van der Waals surface area contributed by atoms with E-state index in [0.29, 0.717) is 6.42 Å². The summed E-state index contributed by atoms with van der Waals surface area (Å²) in [4.78, 5) is 31.7. The zero-order valence-corrected chi connectivity index (χ0v) is 18.7. The molecule has 0 atom stereocenters. The van der Waals surface area contributed by atoms with Crippen LogP contribution in [0, 0.1) is 0 Å². The summed E-state index contributed by atoms with van der Waals surface area (Å²) in [7, 11) is 0. The standard InChI is InChI=1S/C22H31N5O2S/c1-2-19(28)26-7-9-27(10-8-26)21-20-16-5-3-4-6-17(16)30-22(20)24-18(23-21)15-25-11-13-29-14-12-25/h2-15H2,1H3.